The summed E-state index contributed by atoms with van der Waals surface area (Å²) in [6.07, 6.45) is 5.15. The number of rotatable bonds is 4. The van der Waals surface area contributed by atoms with E-state index in [-0.39, 0.29) is 0 Å². The van der Waals surface area contributed by atoms with Gasteiger partial charge < -0.3 is 14.6 Å². The zero-order valence-corrected chi connectivity index (χ0v) is 10.5. The van der Waals surface area contributed by atoms with Crippen molar-refractivity contribution in [3.05, 3.63) is 12.1 Å². The molecule has 1 heterocycles. The topological polar surface area (TPSA) is 51.2 Å². The number of ether oxygens (including phenoxy) is 1. The summed E-state index contributed by atoms with van der Waals surface area (Å²) < 4.78 is 17.0. The van der Waals surface area contributed by atoms with Gasteiger partial charge in [0.05, 0.1) is 19.3 Å². The Bertz CT molecular complexity index is 460. The maximum Gasteiger partial charge on any atom is 0.237 e. The monoisotopic (exact) mass is 238 g/mol. The first-order valence-corrected chi connectivity index (χ1v) is 7.37. The Morgan fingerprint density at radius 2 is 2.25 bits per heavy atom. The van der Waals surface area contributed by atoms with Crippen LogP contribution in [0.1, 0.15) is 0 Å². The number of methoxy groups -OCH3 is 1. The molecule has 0 aliphatic carbocycles. The van der Waals surface area contributed by atoms with E-state index in [1.54, 1.807) is 25.5 Å². The molecule has 0 unspecified atom stereocenters. The Labute approximate surface area is 95.8 Å². The number of terminal acetylenes is 1. The fourth-order valence-electron chi connectivity index (χ4n) is 1.17. The summed E-state index contributed by atoms with van der Waals surface area (Å²) in [5, 5.41) is 2.98. The van der Waals surface area contributed by atoms with Gasteiger partial charge >= 0.3 is 0 Å². The molecule has 1 rings (SSSR count). The Balaban J connectivity index is 3.08. The number of hydrogen-bond donors (Lipinski definition) is 1. The van der Waals surface area contributed by atoms with Crippen molar-refractivity contribution >= 4 is 18.3 Å². The molecule has 0 aliphatic heterocycles. The van der Waals surface area contributed by atoms with E-state index in [1.165, 1.54) is 7.11 Å². The highest BCUT2D eigenvalue weighted by Crippen LogP contribution is 2.35. The summed E-state index contributed by atoms with van der Waals surface area (Å²) in [4.78, 5) is 4.20. The summed E-state index contributed by atoms with van der Waals surface area (Å²) in [6, 6.07) is 3.50. The molecule has 5 heteroatoms. The van der Waals surface area contributed by atoms with Gasteiger partial charge in [-0.15, -0.1) is 6.42 Å². The van der Waals surface area contributed by atoms with E-state index in [0.717, 1.165) is 0 Å². The van der Waals surface area contributed by atoms with Crippen LogP contribution in [0.15, 0.2) is 12.1 Å². The van der Waals surface area contributed by atoms with Crippen molar-refractivity contribution in [1.29, 1.82) is 0 Å². The molecular formula is C11H15N2O2P. The Morgan fingerprint density at radius 3 is 2.75 bits per heavy atom. The molecule has 0 bridgehead atoms. The number of pyridine rings is 1. The van der Waals surface area contributed by atoms with Crippen molar-refractivity contribution in [2.45, 2.75) is 0 Å². The molecule has 0 aliphatic rings. The molecule has 0 spiro atoms. The normalized spacial score (nSPS) is 10.6. The van der Waals surface area contributed by atoms with Crippen molar-refractivity contribution in [3.63, 3.8) is 0 Å². The van der Waals surface area contributed by atoms with Crippen LogP contribution in [0, 0.1) is 12.3 Å². The zero-order valence-electron chi connectivity index (χ0n) is 9.65. The molecule has 0 radical (unpaired) electrons. The van der Waals surface area contributed by atoms with Crippen molar-refractivity contribution in [3.8, 4) is 18.2 Å². The van der Waals surface area contributed by atoms with E-state index in [0.29, 0.717) is 23.5 Å². The fraction of sp³-hybridized carbons (Fsp3) is 0.364. The van der Waals surface area contributed by atoms with Crippen LogP contribution >= 0.6 is 7.14 Å². The summed E-state index contributed by atoms with van der Waals surface area (Å²) >= 11 is 0. The maximum atomic E-state index is 11.8. The first-order chi connectivity index (χ1) is 7.49. The summed E-state index contributed by atoms with van der Waals surface area (Å²) in [5.74, 6) is 2.88. The highest BCUT2D eigenvalue weighted by atomic mass is 31.2. The molecule has 1 N–H and O–H groups in total. The Kier molecular flexibility index (Phi) is 3.98. The molecule has 0 fully saturated rings. The third-order valence-electron chi connectivity index (χ3n) is 1.97. The van der Waals surface area contributed by atoms with E-state index in [4.69, 9.17) is 11.2 Å². The van der Waals surface area contributed by atoms with Crippen molar-refractivity contribution in [1.82, 2.24) is 4.98 Å². The van der Waals surface area contributed by atoms with Gasteiger partial charge in [-0.3, -0.25) is 0 Å². The van der Waals surface area contributed by atoms with Gasteiger partial charge in [0.1, 0.15) is 12.6 Å². The van der Waals surface area contributed by atoms with Gasteiger partial charge in [0.25, 0.3) is 0 Å². The SMILES string of the molecule is C#CCNc1ccc(P(C)(C)=O)nc1OC. The van der Waals surface area contributed by atoms with E-state index < -0.39 is 7.14 Å². The highest BCUT2D eigenvalue weighted by Gasteiger charge is 2.15. The minimum atomic E-state index is -2.36. The fourth-order valence-corrected chi connectivity index (χ4v) is 1.93. The maximum absolute atomic E-state index is 11.8. The smallest absolute Gasteiger partial charge is 0.237 e. The van der Waals surface area contributed by atoms with Crippen LogP contribution in [-0.4, -0.2) is 32.0 Å². The lowest BCUT2D eigenvalue weighted by atomic mass is 10.4. The first-order valence-electron chi connectivity index (χ1n) is 4.77. The van der Waals surface area contributed by atoms with Crippen LogP contribution in [-0.2, 0) is 4.57 Å². The second kappa shape index (κ2) is 5.05. The number of nitrogens with zero attached hydrogens (tertiary/aromatic N) is 1. The predicted molar refractivity (Wildman–Crippen MR) is 67.2 cm³/mol. The number of nitrogens with one attached hydrogen (secondary N) is 1. The van der Waals surface area contributed by atoms with Crippen LogP contribution in [0.5, 0.6) is 5.88 Å². The third-order valence-corrected chi connectivity index (χ3v) is 3.32. The lowest BCUT2D eigenvalue weighted by Gasteiger charge is -2.11. The molecule has 1 aromatic rings. The van der Waals surface area contributed by atoms with Gasteiger partial charge in [-0.1, -0.05) is 5.92 Å². The van der Waals surface area contributed by atoms with E-state index in [9.17, 15) is 4.57 Å². The van der Waals surface area contributed by atoms with Gasteiger partial charge in [0.2, 0.25) is 5.88 Å². The van der Waals surface area contributed by atoms with Crippen molar-refractivity contribution in [2.24, 2.45) is 0 Å². The van der Waals surface area contributed by atoms with E-state index in [1.807, 2.05) is 0 Å². The van der Waals surface area contributed by atoms with Crippen LogP contribution < -0.4 is 15.5 Å². The first kappa shape index (κ1) is 12.6. The van der Waals surface area contributed by atoms with E-state index in [2.05, 4.69) is 16.2 Å². The Morgan fingerprint density at radius 1 is 1.56 bits per heavy atom. The molecule has 4 nitrogen and oxygen atoms in total. The van der Waals surface area contributed by atoms with E-state index >= 15 is 0 Å². The lowest BCUT2D eigenvalue weighted by Crippen LogP contribution is -2.11. The number of aromatic nitrogens is 1. The number of hydrogen-bond acceptors (Lipinski definition) is 4. The van der Waals surface area contributed by atoms with Crippen LogP contribution in [0.2, 0.25) is 0 Å². The average molecular weight is 238 g/mol. The predicted octanol–water partition coefficient (Wildman–Crippen LogP) is 1.38. The van der Waals surface area contributed by atoms with Crippen molar-refractivity contribution < 1.29 is 9.30 Å². The van der Waals surface area contributed by atoms with Crippen molar-refractivity contribution in [2.75, 3.05) is 32.3 Å². The molecule has 0 saturated carbocycles. The second-order valence-electron chi connectivity index (χ2n) is 3.63. The third kappa shape index (κ3) is 3.01. The molecule has 1 aromatic heterocycles. The summed E-state index contributed by atoms with van der Waals surface area (Å²) in [5.41, 5.74) is 1.26. The van der Waals surface area contributed by atoms with Gasteiger partial charge in [-0.05, 0) is 25.5 Å². The molecule has 0 amide bonds. The molecule has 0 saturated heterocycles. The molecule has 16 heavy (non-hydrogen) atoms. The van der Waals surface area contributed by atoms with Gasteiger partial charge in [-0.2, -0.15) is 0 Å². The van der Waals surface area contributed by atoms with Crippen LogP contribution in [0.25, 0.3) is 0 Å². The van der Waals surface area contributed by atoms with Gasteiger partial charge in [0.15, 0.2) is 0 Å². The standard InChI is InChI=1S/C11H15N2O2P/c1-5-8-12-9-6-7-10(16(3,4)14)13-11(9)15-2/h1,6-7,12H,8H2,2-4H3. The molecule has 0 atom stereocenters. The Hall–Kier alpha value is -1.46. The van der Waals surface area contributed by atoms with Gasteiger partial charge in [-0.25, -0.2) is 4.98 Å². The van der Waals surface area contributed by atoms with Crippen LogP contribution in [0.4, 0.5) is 5.69 Å². The lowest BCUT2D eigenvalue weighted by molar-refractivity contribution is 0.401. The minimum absolute atomic E-state index is 0.396. The van der Waals surface area contributed by atoms with Gasteiger partial charge in [0, 0.05) is 0 Å². The molecular weight excluding hydrogens is 223 g/mol. The summed E-state index contributed by atoms with van der Waals surface area (Å²) in [7, 11) is -0.846. The second-order valence-corrected chi connectivity index (χ2v) is 6.79. The molecule has 86 valence electrons. The van der Waals surface area contributed by atoms with Crippen LogP contribution in [0.3, 0.4) is 0 Å². The largest absolute Gasteiger partial charge is 0.480 e. The molecule has 0 aromatic carbocycles. The highest BCUT2D eigenvalue weighted by molar-refractivity contribution is 7.69. The summed E-state index contributed by atoms with van der Waals surface area (Å²) in [6.45, 7) is 3.74. The zero-order chi connectivity index (χ0) is 12.2. The minimum Gasteiger partial charge on any atom is -0.480 e. The number of anilines is 1. The quantitative estimate of drug-likeness (QED) is 0.636. The average Bonchev–Trinajstić information content (AvgIpc) is 2.24.